The molecule has 1 aliphatic rings. The highest BCUT2D eigenvalue weighted by atomic mass is 16.5. The molecule has 0 aromatic heterocycles. The SMILES string of the molecule is CCN1CCN(CCCCOc2ccc(Cc3ccccc3)cc2)CC1. The van der Waals surface area contributed by atoms with Crippen molar-refractivity contribution in [3.63, 3.8) is 0 Å². The fourth-order valence-electron chi connectivity index (χ4n) is 3.49. The number of likely N-dealkylation sites (N-methyl/N-ethyl adjacent to an activating group) is 1. The van der Waals surface area contributed by atoms with Crippen molar-refractivity contribution in [3.05, 3.63) is 65.7 Å². The van der Waals surface area contributed by atoms with E-state index in [1.807, 2.05) is 0 Å². The molecule has 2 aromatic rings. The average molecular weight is 353 g/mol. The number of unbranched alkanes of at least 4 members (excludes halogenated alkanes) is 1. The molecule has 0 N–H and O–H groups in total. The van der Waals surface area contributed by atoms with Crippen molar-refractivity contribution in [1.82, 2.24) is 9.80 Å². The molecular formula is C23H32N2O. The summed E-state index contributed by atoms with van der Waals surface area (Å²) in [6.45, 7) is 10.3. The van der Waals surface area contributed by atoms with E-state index in [2.05, 4.69) is 71.3 Å². The molecule has 1 saturated heterocycles. The lowest BCUT2D eigenvalue weighted by Crippen LogP contribution is -2.46. The largest absolute Gasteiger partial charge is 0.494 e. The van der Waals surface area contributed by atoms with Crippen molar-refractivity contribution in [3.8, 4) is 5.75 Å². The van der Waals surface area contributed by atoms with Crippen LogP contribution >= 0.6 is 0 Å². The predicted molar refractivity (Wildman–Crippen MR) is 109 cm³/mol. The van der Waals surface area contributed by atoms with Gasteiger partial charge in [-0.05, 0) is 55.6 Å². The molecule has 1 heterocycles. The van der Waals surface area contributed by atoms with E-state index in [0.29, 0.717) is 0 Å². The van der Waals surface area contributed by atoms with E-state index < -0.39 is 0 Å². The highest BCUT2D eigenvalue weighted by Crippen LogP contribution is 2.15. The summed E-state index contributed by atoms with van der Waals surface area (Å²) in [6, 6.07) is 19.1. The molecular weight excluding hydrogens is 320 g/mol. The van der Waals surface area contributed by atoms with Crippen LogP contribution in [0.3, 0.4) is 0 Å². The van der Waals surface area contributed by atoms with E-state index >= 15 is 0 Å². The zero-order valence-electron chi connectivity index (χ0n) is 16.1. The maximum absolute atomic E-state index is 5.91. The van der Waals surface area contributed by atoms with Crippen molar-refractivity contribution in [2.45, 2.75) is 26.2 Å². The number of benzene rings is 2. The lowest BCUT2D eigenvalue weighted by atomic mass is 10.1. The average Bonchev–Trinajstić information content (AvgIpc) is 2.70. The molecule has 0 unspecified atom stereocenters. The Kier molecular flexibility index (Phi) is 7.53. The Morgan fingerprint density at radius 3 is 2.12 bits per heavy atom. The third-order valence-corrected chi connectivity index (χ3v) is 5.22. The van der Waals surface area contributed by atoms with Gasteiger partial charge in [0, 0.05) is 26.2 Å². The smallest absolute Gasteiger partial charge is 0.119 e. The Hall–Kier alpha value is -1.84. The third kappa shape index (κ3) is 6.15. The summed E-state index contributed by atoms with van der Waals surface area (Å²) >= 11 is 0. The fourth-order valence-corrected chi connectivity index (χ4v) is 3.49. The van der Waals surface area contributed by atoms with Gasteiger partial charge < -0.3 is 14.5 Å². The Balaban J connectivity index is 1.30. The second-order valence-corrected chi connectivity index (χ2v) is 7.14. The third-order valence-electron chi connectivity index (χ3n) is 5.22. The van der Waals surface area contributed by atoms with E-state index in [9.17, 15) is 0 Å². The van der Waals surface area contributed by atoms with Crippen LogP contribution in [-0.4, -0.2) is 55.7 Å². The lowest BCUT2D eigenvalue weighted by Gasteiger charge is -2.33. The van der Waals surface area contributed by atoms with Gasteiger partial charge in [-0.3, -0.25) is 0 Å². The van der Waals surface area contributed by atoms with Crippen LogP contribution in [0.15, 0.2) is 54.6 Å². The zero-order valence-corrected chi connectivity index (χ0v) is 16.1. The maximum Gasteiger partial charge on any atom is 0.119 e. The summed E-state index contributed by atoms with van der Waals surface area (Å²) in [5.74, 6) is 0.985. The highest BCUT2D eigenvalue weighted by Gasteiger charge is 2.14. The molecule has 0 atom stereocenters. The maximum atomic E-state index is 5.91. The summed E-state index contributed by atoms with van der Waals surface area (Å²) in [5.41, 5.74) is 2.68. The lowest BCUT2D eigenvalue weighted by molar-refractivity contribution is 0.134. The first kappa shape index (κ1) is 18.9. The Labute approximate surface area is 158 Å². The molecule has 0 spiro atoms. The minimum absolute atomic E-state index is 0.812. The standard InChI is InChI=1S/C23H32N2O/c1-2-24-15-17-25(18-16-24)14-6-7-19-26-23-12-10-22(11-13-23)20-21-8-4-3-5-9-21/h3-5,8-13H,2,6-7,14-20H2,1H3. The summed E-state index contributed by atoms with van der Waals surface area (Å²) in [4.78, 5) is 5.12. The summed E-state index contributed by atoms with van der Waals surface area (Å²) in [7, 11) is 0. The van der Waals surface area contributed by atoms with Gasteiger partial charge in [-0.2, -0.15) is 0 Å². The van der Waals surface area contributed by atoms with Crippen molar-refractivity contribution < 1.29 is 4.74 Å². The summed E-state index contributed by atoms with van der Waals surface area (Å²) in [6.07, 6.45) is 3.32. The fraction of sp³-hybridized carbons (Fsp3) is 0.478. The van der Waals surface area contributed by atoms with E-state index in [1.54, 1.807) is 0 Å². The van der Waals surface area contributed by atoms with Gasteiger partial charge in [0.15, 0.2) is 0 Å². The molecule has 0 radical (unpaired) electrons. The van der Waals surface area contributed by atoms with Crippen LogP contribution in [0.1, 0.15) is 30.9 Å². The Morgan fingerprint density at radius 2 is 1.42 bits per heavy atom. The molecule has 1 aliphatic heterocycles. The number of nitrogens with zero attached hydrogens (tertiary/aromatic N) is 2. The molecule has 0 saturated carbocycles. The highest BCUT2D eigenvalue weighted by molar-refractivity contribution is 5.31. The van der Waals surface area contributed by atoms with Crippen molar-refractivity contribution in [2.75, 3.05) is 45.9 Å². The first-order valence-electron chi connectivity index (χ1n) is 10.0. The molecule has 3 nitrogen and oxygen atoms in total. The summed E-state index contributed by atoms with van der Waals surface area (Å²) < 4.78 is 5.91. The van der Waals surface area contributed by atoms with Crippen LogP contribution in [0.5, 0.6) is 5.75 Å². The van der Waals surface area contributed by atoms with Crippen LogP contribution in [-0.2, 0) is 6.42 Å². The van der Waals surface area contributed by atoms with E-state index in [4.69, 9.17) is 4.74 Å². The topological polar surface area (TPSA) is 15.7 Å². The number of piperazine rings is 1. The Bertz CT molecular complexity index is 618. The van der Waals surface area contributed by atoms with E-state index in [-0.39, 0.29) is 0 Å². The number of ether oxygens (including phenoxy) is 1. The van der Waals surface area contributed by atoms with Gasteiger partial charge in [0.25, 0.3) is 0 Å². The van der Waals surface area contributed by atoms with Crippen molar-refractivity contribution >= 4 is 0 Å². The van der Waals surface area contributed by atoms with Crippen LogP contribution in [0.4, 0.5) is 0 Å². The molecule has 0 amide bonds. The van der Waals surface area contributed by atoms with Crippen molar-refractivity contribution in [1.29, 1.82) is 0 Å². The van der Waals surface area contributed by atoms with Crippen molar-refractivity contribution in [2.24, 2.45) is 0 Å². The van der Waals surface area contributed by atoms with Gasteiger partial charge in [-0.1, -0.05) is 49.4 Å². The number of rotatable bonds is 9. The first-order valence-corrected chi connectivity index (χ1v) is 10.0. The minimum Gasteiger partial charge on any atom is -0.494 e. The molecule has 3 heteroatoms. The molecule has 0 aliphatic carbocycles. The van der Waals surface area contributed by atoms with Crippen LogP contribution in [0.2, 0.25) is 0 Å². The predicted octanol–water partition coefficient (Wildman–Crippen LogP) is 4.07. The molecule has 2 aromatic carbocycles. The first-order chi connectivity index (χ1) is 12.8. The normalized spacial score (nSPS) is 15.9. The van der Waals surface area contributed by atoms with Crippen LogP contribution < -0.4 is 4.74 Å². The monoisotopic (exact) mass is 352 g/mol. The quantitative estimate of drug-likeness (QED) is 0.633. The minimum atomic E-state index is 0.812. The van der Waals surface area contributed by atoms with E-state index in [1.165, 1.54) is 56.8 Å². The second kappa shape index (κ2) is 10.3. The zero-order chi connectivity index (χ0) is 18.0. The molecule has 26 heavy (non-hydrogen) atoms. The number of hydrogen-bond donors (Lipinski definition) is 0. The second-order valence-electron chi connectivity index (χ2n) is 7.14. The van der Waals surface area contributed by atoms with Gasteiger partial charge in [0.05, 0.1) is 6.61 Å². The molecule has 1 fully saturated rings. The van der Waals surface area contributed by atoms with Gasteiger partial charge in [0.1, 0.15) is 5.75 Å². The molecule has 140 valence electrons. The molecule has 3 rings (SSSR count). The number of hydrogen-bond acceptors (Lipinski definition) is 3. The van der Waals surface area contributed by atoms with Crippen LogP contribution in [0.25, 0.3) is 0 Å². The van der Waals surface area contributed by atoms with E-state index in [0.717, 1.165) is 25.2 Å². The summed E-state index contributed by atoms with van der Waals surface area (Å²) in [5, 5.41) is 0. The van der Waals surface area contributed by atoms with Gasteiger partial charge in [-0.15, -0.1) is 0 Å². The van der Waals surface area contributed by atoms with Crippen LogP contribution in [0, 0.1) is 0 Å². The molecule has 0 bridgehead atoms. The van der Waals surface area contributed by atoms with Gasteiger partial charge in [0.2, 0.25) is 0 Å². The van der Waals surface area contributed by atoms with Gasteiger partial charge >= 0.3 is 0 Å². The van der Waals surface area contributed by atoms with Gasteiger partial charge in [-0.25, -0.2) is 0 Å². The Morgan fingerprint density at radius 1 is 0.769 bits per heavy atom.